The van der Waals surface area contributed by atoms with Crippen molar-refractivity contribution in [2.75, 3.05) is 13.2 Å². The summed E-state index contributed by atoms with van der Waals surface area (Å²) in [6, 6.07) is 0. The van der Waals surface area contributed by atoms with Crippen LogP contribution in [0.15, 0.2) is 36.0 Å². The minimum absolute atomic E-state index is 0.00515. The Balaban J connectivity index is 1.92. The number of aliphatic hydroxyl groups is 2. The van der Waals surface area contributed by atoms with E-state index in [0.29, 0.717) is 18.6 Å². The summed E-state index contributed by atoms with van der Waals surface area (Å²) < 4.78 is 4.96. The fourth-order valence-corrected chi connectivity index (χ4v) is 5.20. The molecule has 1 aliphatic heterocycles. The average Bonchev–Trinajstić information content (AvgIpc) is 2.96. The minimum atomic E-state index is -0.481. The number of esters is 1. The van der Waals surface area contributed by atoms with E-state index in [1.54, 1.807) is 6.08 Å². The third kappa shape index (κ3) is 2.56. The topological polar surface area (TPSA) is 66.8 Å². The highest BCUT2D eigenvalue weighted by atomic mass is 16.5. The quantitative estimate of drug-likeness (QED) is 0.616. The third-order valence-electron chi connectivity index (χ3n) is 6.78. The molecule has 4 nitrogen and oxygen atoms in total. The van der Waals surface area contributed by atoms with Crippen molar-refractivity contribution < 1.29 is 19.7 Å². The van der Waals surface area contributed by atoms with E-state index in [2.05, 4.69) is 19.6 Å². The molecule has 0 saturated heterocycles. The van der Waals surface area contributed by atoms with Crippen molar-refractivity contribution in [3.63, 3.8) is 0 Å². The van der Waals surface area contributed by atoms with Crippen molar-refractivity contribution in [3.05, 3.63) is 36.0 Å². The van der Waals surface area contributed by atoms with Gasteiger partial charge in [0, 0.05) is 11.3 Å². The molecular weight excluding hydrogens is 304 g/mol. The summed E-state index contributed by atoms with van der Waals surface area (Å²) in [5, 5.41) is 20.5. The van der Waals surface area contributed by atoms with Gasteiger partial charge >= 0.3 is 5.97 Å². The number of cyclic esters (lactones) is 1. The smallest absolute Gasteiger partial charge is 0.338 e. The van der Waals surface area contributed by atoms with E-state index in [1.165, 1.54) is 5.57 Å². The molecule has 132 valence electrons. The Labute approximate surface area is 143 Å². The summed E-state index contributed by atoms with van der Waals surface area (Å²) in [7, 11) is 0. The van der Waals surface area contributed by atoms with Gasteiger partial charge in [-0.3, -0.25) is 0 Å². The molecule has 0 unspecified atom stereocenters. The first-order chi connectivity index (χ1) is 11.3. The predicted octanol–water partition coefficient (Wildman–Crippen LogP) is 2.77. The van der Waals surface area contributed by atoms with Crippen LogP contribution in [0.4, 0.5) is 0 Å². The first-order valence-electron chi connectivity index (χ1n) is 8.85. The second-order valence-corrected chi connectivity index (χ2v) is 8.07. The van der Waals surface area contributed by atoms with E-state index in [1.807, 2.05) is 13.0 Å². The lowest BCUT2D eigenvalue weighted by molar-refractivity contribution is -0.145. The number of fused-ring (bicyclic) bond motifs is 1. The van der Waals surface area contributed by atoms with E-state index in [0.717, 1.165) is 19.3 Å². The number of carbonyl (C=O) groups is 1. The number of aliphatic hydroxyl groups excluding tert-OH is 2. The first kappa shape index (κ1) is 17.4. The largest absolute Gasteiger partial charge is 0.458 e. The van der Waals surface area contributed by atoms with Gasteiger partial charge in [-0.1, -0.05) is 38.2 Å². The highest BCUT2D eigenvalue weighted by Gasteiger charge is 2.57. The molecule has 0 aromatic rings. The molecule has 2 fully saturated rings. The van der Waals surface area contributed by atoms with Crippen molar-refractivity contribution in [1.82, 2.24) is 0 Å². The van der Waals surface area contributed by atoms with Crippen LogP contribution in [0, 0.1) is 22.7 Å². The maximum atomic E-state index is 11.7. The van der Waals surface area contributed by atoms with Gasteiger partial charge in [0.05, 0.1) is 18.3 Å². The lowest BCUT2D eigenvalue weighted by Crippen LogP contribution is -2.57. The van der Waals surface area contributed by atoms with E-state index in [4.69, 9.17) is 4.74 Å². The Hall–Kier alpha value is -1.39. The zero-order chi connectivity index (χ0) is 17.5. The van der Waals surface area contributed by atoms with Gasteiger partial charge in [-0.25, -0.2) is 4.79 Å². The van der Waals surface area contributed by atoms with Crippen molar-refractivity contribution in [2.24, 2.45) is 22.7 Å². The van der Waals surface area contributed by atoms with E-state index >= 15 is 0 Å². The van der Waals surface area contributed by atoms with Crippen molar-refractivity contribution in [1.29, 1.82) is 0 Å². The molecule has 1 heterocycles. The summed E-state index contributed by atoms with van der Waals surface area (Å²) in [6.07, 6.45) is 8.69. The Bertz CT molecular complexity index is 605. The number of hydrogen-bond donors (Lipinski definition) is 2. The molecule has 0 spiro atoms. The lowest BCUT2D eigenvalue weighted by Gasteiger charge is -2.59. The molecule has 0 bridgehead atoms. The van der Waals surface area contributed by atoms with Crippen LogP contribution in [0.3, 0.4) is 0 Å². The van der Waals surface area contributed by atoms with Gasteiger partial charge in [0.25, 0.3) is 0 Å². The third-order valence-corrected chi connectivity index (χ3v) is 6.78. The predicted molar refractivity (Wildman–Crippen MR) is 92.1 cm³/mol. The van der Waals surface area contributed by atoms with Crippen LogP contribution in [-0.2, 0) is 9.53 Å². The van der Waals surface area contributed by atoms with Gasteiger partial charge in [-0.2, -0.15) is 0 Å². The molecule has 0 amide bonds. The molecule has 0 aromatic heterocycles. The monoisotopic (exact) mass is 332 g/mol. The first-order valence-corrected chi connectivity index (χ1v) is 8.85. The zero-order valence-corrected chi connectivity index (χ0v) is 14.6. The van der Waals surface area contributed by atoms with Crippen molar-refractivity contribution >= 4 is 5.97 Å². The van der Waals surface area contributed by atoms with Gasteiger partial charge in [0.2, 0.25) is 0 Å². The molecular formula is C20H28O4. The highest BCUT2D eigenvalue weighted by molar-refractivity contribution is 5.93. The fourth-order valence-electron chi connectivity index (χ4n) is 5.20. The average molecular weight is 332 g/mol. The van der Waals surface area contributed by atoms with Crippen LogP contribution in [0.2, 0.25) is 0 Å². The summed E-state index contributed by atoms with van der Waals surface area (Å²) >= 11 is 0. The number of carbonyl (C=O) groups excluding carboxylic acids is 1. The van der Waals surface area contributed by atoms with Crippen LogP contribution in [0.1, 0.15) is 39.5 Å². The fraction of sp³-hybridized carbons (Fsp3) is 0.650. The van der Waals surface area contributed by atoms with Crippen LogP contribution < -0.4 is 0 Å². The SMILES string of the molecule is C=C1CC[C@@H]2[C@](C)(CC[C@H](O)[C@]2(C)CO)[C@H]1/C=C/C1=CCOC1=O. The van der Waals surface area contributed by atoms with Crippen molar-refractivity contribution in [2.45, 2.75) is 45.6 Å². The molecule has 0 radical (unpaired) electrons. The second-order valence-electron chi connectivity index (χ2n) is 8.07. The number of rotatable bonds is 3. The minimum Gasteiger partial charge on any atom is -0.458 e. The van der Waals surface area contributed by atoms with Gasteiger partial charge in [0.15, 0.2) is 0 Å². The van der Waals surface area contributed by atoms with Gasteiger partial charge in [0.1, 0.15) is 6.61 Å². The Morgan fingerprint density at radius 3 is 2.79 bits per heavy atom. The van der Waals surface area contributed by atoms with Gasteiger partial charge < -0.3 is 14.9 Å². The summed E-state index contributed by atoms with van der Waals surface area (Å²) in [5.74, 6) is 0.0981. The molecule has 0 aromatic carbocycles. The van der Waals surface area contributed by atoms with E-state index in [9.17, 15) is 15.0 Å². The Morgan fingerprint density at radius 1 is 1.42 bits per heavy atom. The number of allylic oxidation sites excluding steroid dienone is 2. The molecule has 24 heavy (non-hydrogen) atoms. The van der Waals surface area contributed by atoms with Crippen LogP contribution >= 0.6 is 0 Å². The summed E-state index contributed by atoms with van der Waals surface area (Å²) in [4.78, 5) is 11.7. The number of ether oxygens (including phenoxy) is 1. The Kier molecular flexibility index (Phi) is 4.47. The van der Waals surface area contributed by atoms with Crippen LogP contribution in [-0.4, -0.2) is 35.5 Å². The van der Waals surface area contributed by atoms with Crippen LogP contribution in [0.25, 0.3) is 0 Å². The summed E-state index contributed by atoms with van der Waals surface area (Å²) in [6.45, 7) is 8.87. The van der Waals surface area contributed by atoms with E-state index < -0.39 is 11.5 Å². The van der Waals surface area contributed by atoms with Crippen molar-refractivity contribution in [3.8, 4) is 0 Å². The molecule has 2 aliphatic carbocycles. The second kappa shape index (κ2) is 6.16. The molecule has 3 rings (SSSR count). The summed E-state index contributed by atoms with van der Waals surface area (Å²) in [5.41, 5.74) is 1.24. The molecule has 4 heteroatoms. The van der Waals surface area contributed by atoms with Crippen LogP contribution in [0.5, 0.6) is 0 Å². The Morgan fingerprint density at radius 2 is 2.17 bits per heavy atom. The normalized spacial score (nSPS) is 42.8. The molecule has 5 atom stereocenters. The number of hydrogen-bond acceptors (Lipinski definition) is 4. The van der Waals surface area contributed by atoms with E-state index in [-0.39, 0.29) is 29.8 Å². The molecule has 2 N–H and O–H groups in total. The van der Waals surface area contributed by atoms with Gasteiger partial charge in [-0.05, 0) is 43.1 Å². The maximum absolute atomic E-state index is 11.7. The maximum Gasteiger partial charge on any atom is 0.338 e. The zero-order valence-electron chi connectivity index (χ0n) is 14.6. The van der Waals surface area contributed by atoms with Gasteiger partial charge in [-0.15, -0.1) is 0 Å². The molecule has 3 aliphatic rings. The molecule has 2 saturated carbocycles. The highest BCUT2D eigenvalue weighted by Crippen LogP contribution is 2.61. The lowest BCUT2D eigenvalue weighted by atomic mass is 9.46. The standard InChI is InChI=1S/C20H28O4/c1-13-4-7-16-19(2,10-8-17(22)20(16,3)12-21)15(13)6-5-14-9-11-24-18(14)23/h5-6,9,15-17,21-22H,1,4,7-8,10-12H2,2-3H3/b6-5+/t15-,16+,17-,19+,20+/m0/s1.